The number of aromatic nitrogens is 2. The summed E-state index contributed by atoms with van der Waals surface area (Å²) < 4.78 is 0. The second-order valence-electron chi connectivity index (χ2n) is 5.69. The summed E-state index contributed by atoms with van der Waals surface area (Å²) in [5.74, 6) is -0.218. The first-order chi connectivity index (χ1) is 12.5. The second-order valence-corrected chi connectivity index (χ2v) is 7.07. The first kappa shape index (κ1) is 18.0. The molecule has 132 valence electrons. The second kappa shape index (κ2) is 8.03. The maximum atomic E-state index is 12.4. The number of nitrogens with zero attached hydrogens (tertiary/aromatic N) is 2. The summed E-state index contributed by atoms with van der Waals surface area (Å²) in [6.07, 6.45) is 0. The van der Waals surface area contributed by atoms with E-state index in [0.717, 1.165) is 16.8 Å². The predicted molar refractivity (Wildman–Crippen MR) is 110 cm³/mol. The Kier molecular flexibility index (Phi) is 5.55. The minimum Gasteiger partial charge on any atom is -0.332 e. The van der Waals surface area contributed by atoms with Gasteiger partial charge in [-0.05, 0) is 50.3 Å². The van der Waals surface area contributed by atoms with Crippen LogP contribution in [0.2, 0.25) is 0 Å². The Morgan fingerprint density at radius 2 is 1.54 bits per heavy atom. The van der Waals surface area contributed by atoms with Gasteiger partial charge in [-0.1, -0.05) is 46.7 Å². The van der Waals surface area contributed by atoms with E-state index in [0.29, 0.717) is 20.9 Å². The molecule has 0 unspecified atom stereocenters. The highest BCUT2D eigenvalue weighted by Crippen LogP contribution is 2.21. The lowest BCUT2D eigenvalue weighted by molar-refractivity contribution is 0.102. The molecular formula is C18H17N5OS2. The number of anilines is 3. The average molecular weight is 384 g/mol. The molecule has 0 radical (unpaired) electrons. The van der Waals surface area contributed by atoms with E-state index in [-0.39, 0.29) is 5.91 Å². The molecule has 0 saturated heterocycles. The lowest BCUT2D eigenvalue weighted by atomic mass is 10.1. The minimum absolute atomic E-state index is 0.218. The Morgan fingerprint density at radius 3 is 2.19 bits per heavy atom. The van der Waals surface area contributed by atoms with E-state index in [2.05, 4.69) is 26.1 Å². The molecular weight excluding hydrogens is 366 g/mol. The van der Waals surface area contributed by atoms with Crippen molar-refractivity contribution in [1.82, 2.24) is 10.2 Å². The molecule has 0 bridgehead atoms. The quantitative estimate of drug-likeness (QED) is 0.586. The van der Waals surface area contributed by atoms with Crippen molar-refractivity contribution in [3.8, 4) is 0 Å². The van der Waals surface area contributed by atoms with Crippen molar-refractivity contribution in [2.24, 2.45) is 0 Å². The summed E-state index contributed by atoms with van der Waals surface area (Å²) in [5.41, 5.74) is 3.53. The smallest absolute Gasteiger partial charge is 0.257 e. The van der Waals surface area contributed by atoms with Crippen molar-refractivity contribution in [2.75, 3.05) is 16.0 Å². The maximum absolute atomic E-state index is 12.4. The van der Waals surface area contributed by atoms with Crippen LogP contribution in [0.1, 0.15) is 21.5 Å². The fourth-order valence-electron chi connectivity index (χ4n) is 2.38. The van der Waals surface area contributed by atoms with Gasteiger partial charge in [0, 0.05) is 11.3 Å². The molecule has 6 nitrogen and oxygen atoms in total. The molecule has 8 heteroatoms. The van der Waals surface area contributed by atoms with Gasteiger partial charge in [-0.15, -0.1) is 10.2 Å². The number of amides is 1. The van der Waals surface area contributed by atoms with Gasteiger partial charge < -0.3 is 10.6 Å². The fourth-order valence-corrected chi connectivity index (χ4v) is 3.30. The van der Waals surface area contributed by atoms with Gasteiger partial charge in [0.1, 0.15) is 0 Å². The van der Waals surface area contributed by atoms with Crippen LogP contribution in [0.4, 0.5) is 16.0 Å². The molecule has 3 rings (SSSR count). The van der Waals surface area contributed by atoms with E-state index in [1.54, 1.807) is 0 Å². The molecule has 2 aromatic carbocycles. The minimum atomic E-state index is -0.218. The van der Waals surface area contributed by atoms with Crippen LogP contribution in [-0.4, -0.2) is 21.2 Å². The van der Waals surface area contributed by atoms with Gasteiger partial charge in [-0.25, -0.2) is 0 Å². The fraction of sp³-hybridized carbons (Fsp3) is 0.111. The van der Waals surface area contributed by atoms with Crippen LogP contribution >= 0.6 is 23.6 Å². The number of nitrogens with one attached hydrogen (secondary N) is 3. The van der Waals surface area contributed by atoms with Crippen molar-refractivity contribution >= 4 is 50.5 Å². The molecule has 0 spiro atoms. The molecule has 26 heavy (non-hydrogen) atoms. The number of carbonyl (C=O) groups excluding carboxylic acids is 1. The van der Waals surface area contributed by atoms with Crippen LogP contribution in [0.5, 0.6) is 0 Å². The van der Waals surface area contributed by atoms with Gasteiger partial charge in [-0.2, -0.15) is 0 Å². The Labute approximate surface area is 160 Å². The normalized spacial score (nSPS) is 10.2. The highest BCUT2D eigenvalue weighted by atomic mass is 32.1. The van der Waals surface area contributed by atoms with Crippen LogP contribution in [0.15, 0.2) is 48.5 Å². The molecule has 0 aliphatic heterocycles. The van der Waals surface area contributed by atoms with Crippen molar-refractivity contribution in [3.05, 3.63) is 65.2 Å². The van der Waals surface area contributed by atoms with E-state index >= 15 is 0 Å². The largest absolute Gasteiger partial charge is 0.332 e. The van der Waals surface area contributed by atoms with Gasteiger partial charge in [0.05, 0.1) is 0 Å². The lowest BCUT2D eigenvalue weighted by Gasteiger charge is -2.07. The van der Waals surface area contributed by atoms with Gasteiger partial charge in [0.2, 0.25) is 10.3 Å². The number of hydrogen-bond acceptors (Lipinski definition) is 5. The number of para-hydroxylation sites is 1. The van der Waals surface area contributed by atoms with Crippen LogP contribution in [0.3, 0.4) is 0 Å². The van der Waals surface area contributed by atoms with Crippen LogP contribution in [-0.2, 0) is 0 Å². The Balaban J connectivity index is 1.60. The van der Waals surface area contributed by atoms with E-state index in [4.69, 9.17) is 12.2 Å². The summed E-state index contributed by atoms with van der Waals surface area (Å²) in [5, 5.41) is 18.0. The van der Waals surface area contributed by atoms with Gasteiger partial charge in [-0.3, -0.25) is 10.1 Å². The van der Waals surface area contributed by atoms with Crippen LogP contribution < -0.4 is 16.0 Å². The molecule has 0 atom stereocenters. The Hall–Kier alpha value is -2.84. The van der Waals surface area contributed by atoms with E-state index in [1.165, 1.54) is 11.3 Å². The van der Waals surface area contributed by atoms with Crippen molar-refractivity contribution in [2.45, 2.75) is 13.8 Å². The number of carbonyl (C=O) groups is 1. The summed E-state index contributed by atoms with van der Waals surface area (Å²) in [6, 6.07) is 15.3. The first-order valence-electron chi connectivity index (χ1n) is 7.86. The summed E-state index contributed by atoms with van der Waals surface area (Å²) in [6.45, 7) is 3.91. The topological polar surface area (TPSA) is 78.9 Å². The van der Waals surface area contributed by atoms with Gasteiger partial charge in [0.15, 0.2) is 5.11 Å². The molecule has 1 amide bonds. The molecule has 3 N–H and O–H groups in total. The van der Waals surface area contributed by atoms with Gasteiger partial charge >= 0.3 is 0 Å². The highest BCUT2D eigenvalue weighted by Gasteiger charge is 2.11. The zero-order valence-corrected chi connectivity index (χ0v) is 15.9. The number of rotatable bonds is 4. The van der Waals surface area contributed by atoms with Crippen molar-refractivity contribution in [3.63, 3.8) is 0 Å². The molecule has 0 aliphatic carbocycles. The number of thiocarbonyl (C=S) groups is 1. The zero-order valence-electron chi connectivity index (χ0n) is 14.2. The van der Waals surface area contributed by atoms with Crippen LogP contribution in [0, 0.1) is 13.8 Å². The van der Waals surface area contributed by atoms with E-state index in [9.17, 15) is 4.79 Å². The average Bonchev–Trinajstić information content (AvgIpc) is 3.01. The third kappa shape index (κ3) is 4.84. The van der Waals surface area contributed by atoms with Crippen LogP contribution in [0.25, 0.3) is 0 Å². The maximum Gasteiger partial charge on any atom is 0.257 e. The molecule has 3 aromatic rings. The highest BCUT2D eigenvalue weighted by molar-refractivity contribution is 7.80. The molecule has 0 fully saturated rings. The van der Waals surface area contributed by atoms with Crippen molar-refractivity contribution in [1.29, 1.82) is 0 Å². The van der Waals surface area contributed by atoms with Gasteiger partial charge in [0.25, 0.3) is 5.91 Å². The SMILES string of the molecule is Cc1cc(C)cc(C(=O)Nc2nnc(NC(=S)Nc3ccccc3)s2)c1. The Bertz CT molecular complexity index is 920. The number of benzene rings is 2. The summed E-state index contributed by atoms with van der Waals surface area (Å²) in [4.78, 5) is 12.4. The molecule has 0 aliphatic rings. The summed E-state index contributed by atoms with van der Waals surface area (Å²) >= 11 is 6.46. The number of aryl methyl sites for hydroxylation is 2. The Morgan fingerprint density at radius 1 is 0.923 bits per heavy atom. The number of hydrogen-bond donors (Lipinski definition) is 3. The standard InChI is InChI=1S/C18H17N5OS2/c1-11-8-12(2)10-13(9-11)15(24)20-17-22-23-18(26-17)21-16(25)19-14-6-4-3-5-7-14/h3-10H,1-2H3,(H,20,22,24)(H2,19,21,23,25). The predicted octanol–water partition coefficient (Wildman–Crippen LogP) is 4.22. The molecule has 0 saturated carbocycles. The van der Waals surface area contributed by atoms with E-state index < -0.39 is 0 Å². The third-order valence-electron chi connectivity index (χ3n) is 3.38. The first-order valence-corrected chi connectivity index (χ1v) is 9.08. The van der Waals surface area contributed by atoms with E-state index in [1.807, 2.05) is 62.4 Å². The lowest BCUT2D eigenvalue weighted by Crippen LogP contribution is -2.18. The monoisotopic (exact) mass is 383 g/mol. The zero-order chi connectivity index (χ0) is 18.5. The summed E-state index contributed by atoms with van der Waals surface area (Å²) in [7, 11) is 0. The van der Waals surface area contributed by atoms with Crippen molar-refractivity contribution < 1.29 is 4.79 Å². The third-order valence-corrected chi connectivity index (χ3v) is 4.34. The molecule has 1 aromatic heterocycles. The molecule has 1 heterocycles.